The number of carbonyl (C=O) groups is 1. The van der Waals surface area contributed by atoms with E-state index in [1.165, 1.54) is 0 Å². The summed E-state index contributed by atoms with van der Waals surface area (Å²) in [6.07, 6.45) is 0. The molecule has 1 atom stereocenters. The zero-order valence-corrected chi connectivity index (χ0v) is 12.3. The third-order valence-electron chi connectivity index (χ3n) is 3.28. The average molecular weight is 298 g/mol. The van der Waals surface area contributed by atoms with Crippen molar-refractivity contribution in [3.05, 3.63) is 29.3 Å². The number of nitrogens with one attached hydrogen (secondary N) is 1. The van der Waals surface area contributed by atoms with Gasteiger partial charge in [-0.3, -0.25) is 4.79 Å². The van der Waals surface area contributed by atoms with E-state index in [2.05, 4.69) is 5.32 Å². The molecule has 6 nitrogen and oxygen atoms in total. The highest BCUT2D eigenvalue weighted by Crippen LogP contribution is 2.22. The molecule has 0 saturated carbocycles. The summed E-state index contributed by atoms with van der Waals surface area (Å²) >= 11 is 0. The highest BCUT2D eigenvalue weighted by molar-refractivity contribution is 7.89. The number of sulfonamides is 1. The molecule has 1 fully saturated rings. The molecule has 0 amide bonds. The lowest BCUT2D eigenvalue weighted by Crippen LogP contribution is -2.56. The van der Waals surface area contributed by atoms with Crippen LogP contribution in [0.4, 0.5) is 0 Å². The number of piperazine rings is 1. The Labute approximate surface area is 118 Å². The average Bonchev–Trinajstić information content (AvgIpc) is 2.37. The summed E-state index contributed by atoms with van der Waals surface area (Å²) in [5.74, 6) is -1.13. The molecule has 110 valence electrons. The molecule has 1 aromatic rings. The number of hydrogen-bond donors (Lipinski definition) is 2. The van der Waals surface area contributed by atoms with Gasteiger partial charge in [0.15, 0.2) is 0 Å². The number of benzene rings is 1. The van der Waals surface area contributed by atoms with E-state index in [4.69, 9.17) is 0 Å². The minimum absolute atomic E-state index is 0.124. The minimum atomic E-state index is -3.79. The summed E-state index contributed by atoms with van der Waals surface area (Å²) in [6, 6.07) is 3.97. The summed E-state index contributed by atoms with van der Waals surface area (Å²) in [5.41, 5.74) is 1.68. The van der Waals surface area contributed by atoms with E-state index in [1.54, 1.807) is 12.1 Å². The van der Waals surface area contributed by atoms with Gasteiger partial charge in [0.05, 0.1) is 4.90 Å². The van der Waals surface area contributed by atoms with E-state index in [1.807, 2.05) is 19.9 Å². The first kappa shape index (κ1) is 15.0. The molecule has 1 aliphatic rings. The number of aryl methyl sites for hydroxylation is 2. The van der Waals surface area contributed by atoms with Gasteiger partial charge in [-0.2, -0.15) is 4.31 Å². The van der Waals surface area contributed by atoms with Gasteiger partial charge >= 0.3 is 5.97 Å². The molecule has 1 aliphatic heterocycles. The normalized spacial score (nSPS) is 20.8. The standard InChI is InChI=1S/C13H18N2O4S/c1-9-5-10(2)7-11(6-9)20(18,19)15-4-3-14-8-12(15)13(16)17/h5-7,12,14H,3-4,8H2,1-2H3,(H,16,17). The Balaban J connectivity index is 2.44. The molecule has 0 aliphatic carbocycles. The fourth-order valence-electron chi connectivity index (χ4n) is 2.40. The highest BCUT2D eigenvalue weighted by atomic mass is 32.2. The van der Waals surface area contributed by atoms with Crippen LogP contribution in [0.15, 0.2) is 23.1 Å². The second-order valence-corrected chi connectivity index (χ2v) is 6.89. The second-order valence-electron chi connectivity index (χ2n) is 5.00. The predicted molar refractivity (Wildman–Crippen MR) is 74.1 cm³/mol. The summed E-state index contributed by atoms with van der Waals surface area (Å²) < 4.78 is 26.4. The molecule has 0 radical (unpaired) electrons. The van der Waals surface area contributed by atoms with Gasteiger partial charge < -0.3 is 10.4 Å². The number of aliphatic carboxylic acids is 1. The molecule has 7 heteroatoms. The fraction of sp³-hybridized carbons (Fsp3) is 0.462. The molecular weight excluding hydrogens is 280 g/mol. The number of hydrogen-bond acceptors (Lipinski definition) is 4. The smallest absolute Gasteiger partial charge is 0.323 e. The van der Waals surface area contributed by atoms with E-state index in [-0.39, 0.29) is 18.0 Å². The topological polar surface area (TPSA) is 86.7 Å². The third kappa shape index (κ3) is 2.84. The first-order valence-electron chi connectivity index (χ1n) is 6.36. The maximum absolute atomic E-state index is 12.6. The lowest BCUT2D eigenvalue weighted by Gasteiger charge is -2.32. The minimum Gasteiger partial charge on any atom is -0.480 e. The molecule has 0 bridgehead atoms. The van der Waals surface area contributed by atoms with Crippen LogP contribution in [0.25, 0.3) is 0 Å². The van der Waals surface area contributed by atoms with Crippen molar-refractivity contribution in [2.24, 2.45) is 0 Å². The van der Waals surface area contributed by atoms with Crippen molar-refractivity contribution >= 4 is 16.0 Å². The molecule has 20 heavy (non-hydrogen) atoms. The van der Waals surface area contributed by atoms with Gasteiger partial charge in [0.25, 0.3) is 0 Å². The van der Waals surface area contributed by atoms with Crippen LogP contribution in [-0.2, 0) is 14.8 Å². The Morgan fingerprint density at radius 1 is 1.30 bits per heavy atom. The summed E-state index contributed by atoms with van der Waals surface area (Å²) in [5, 5.41) is 12.1. The van der Waals surface area contributed by atoms with Gasteiger partial charge in [-0.15, -0.1) is 0 Å². The number of nitrogens with zero attached hydrogens (tertiary/aromatic N) is 1. The molecule has 0 spiro atoms. The lowest BCUT2D eigenvalue weighted by atomic mass is 10.2. The van der Waals surface area contributed by atoms with Gasteiger partial charge in [-0.05, 0) is 37.1 Å². The molecule has 2 N–H and O–H groups in total. The molecule has 0 aromatic heterocycles. The maximum atomic E-state index is 12.6. The molecule has 1 aromatic carbocycles. The van der Waals surface area contributed by atoms with Gasteiger partial charge in [-0.25, -0.2) is 8.42 Å². The largest absolute Gasteiger partial charge is 0.480 e. The zero-order valence-electron chi connectivity index (χ0n) is 11.5. The quantitative estimate of drug-likeness (QED) is 0.841. The summed E-state index contributed by atoms with van der Waals surface area (Å²) in [6.45, 7) is 4.37. The molecule has 1 saturated heterocycles. The SMILES string of the molecule is Cc1cc(C)cc(S(=O)(=O)N2CCNCC2C(=O)O)c1. The lowest BCUT2D eigenvalue weighted by molar-refractivity contribution is -0.141. The van der Waals surface area contributed by atoms with Crippen LogP contribution < -0.4 is 5.32 Å². The molecule has 1 heterocycles. The van der Waals surface area contributed by atoms with Gasteiger partial charge in [0, 0.05) is 19.6 Å². The van der Waals surface area contributed by atoms with E-state index in [0.717, 1.165) is 15.4 Å². The van der Waals surface area contributed by atoms with Crippen molar-refractivity contribution in [2.75, 3.05) is 19.6 Å². The zero-order chi connectivity index (χ0) is 14.9. The maximum Gasteiger partial charge on any atom is 0.323 e. The van der Waals surface area contributed by atoms with Crippen molar-refractivity contribution < 1.29 is 18.3 Å². The first-order valence-corrected chi connectivity index (χ1v) is 7.80. The predicted octanol–water partition coefficient (Wildman–Crippen LogP) is 0.351. The second kappa shape index (κ2) is 5.51. The van der Waals surface area contributed by atoms with Crippen LogP contribution in [-0.4, -0.2) is 49.5 Å². The van der Waals surface area contributed by atoms with E-state index in [0.29, 0.717) is 6.54 Å². The molecule has 1 unspecified atom stereocenters. The van der Waals surface area contributed by atoms with Crippen molar-refractivity contribution in [2.45, 2.75) is 24.8 Å². The van der Waals surface area contributed by atoms with Crippen molar-refractivity contribution in [3.8, 4) is 0 Å². The van der Waals surface area contributed by atoms with Crippen LogP contribution in [0.2, 0.25) is 0 Å². The Morgan fingerprint density at radius 2 is 1.90 bits per heavy atom. The third-order valence-corrected chi connectivity index (χ3v) is 5.17. The Kier molecular flexibility index (Phi) is 4.12. The van der Waals surface area contributed by atoms with Crippen LogP contribution in [0, 0.1) is 13.8 Å². The van der Waals surface area contributed by atoms with Gasteiger partial charge in [0.2, 0.25) is 10.0 Å². The number of carboxylic acid groups (broad SMARTS) is 1. The number of carboxylic acids is 1. The van der Waals surface area contributed by atoms with Gasteiger partial charge in [0.1, 0.15) is 6.04 Å². The molecule has 2 rings (SSSR count). The van der Waals surface area contributed by atoms with Crippen molar-refractivity contribution in [3.63, 3.8) is 0 Å². The van der Waals surface area contributed by atoms with Crippen LogP contribution >= 0.6 is 0 Å². The Bertz CT molecular complexity index is 607. The fourth-order valence-corrected chi connectivity index (χ4v) is 4.17. The first-order chi connectivity index (χ1) is 9.32. The van der Waals surface area contributed by atoms with Crippen molar-refractivity contribution in [1.82, 2.24) is 9.62 Å². The molecular formula is C13H18N2O4S. The highest BCUT2D eigenvalue weighted by Gasteiger charge is 2.37. The van der Waals surface area contributed by atoms with E-state index in [9.17, 15) is 18.3 Å². The van der Waals surface area contributed by atoms with Crippen LogP contribution in [0.5, 0.6) is 0 Å². The van der Waals surface area contributed by atoms with Crippen molar-refractivity contribution in [1.29, 1.82) is 0 Å². The van der Waals surface area contributed by atoms with Crippen LogP contribution in [0.3, 0.4) is 0 Å². The monoisotopic (exact) mass is 298 g/mol. The summed E-state index contributed by atoms with van der Waals surface area (Å²) in [7, 11) is -3.79. The van der Waals surface area contributed by atoms with Gasteiger partial charge in [-0.1, -0.05) is 6.07 Å². The number of rotatable bonds is 3. The van der Waals surface area contributed by atoms with E-state index < -0.39 is 22.0 Å². The van der Waals surface area contributed by atoms with E-state index >= 15 is 0 Å². The summed E-state index contributed by atoms with van der Waals surface area (Å²) in [4.78, 5) is 11.4. The Hall–Kier alpha value is -1.44. The van der Waals surface area contributed by atoms with Crippen LogP contribution in [0.1, 0.15) is 11.1 Å². The Morgan fingerprint density at radius 3 is 2.45 bits per heavy atom.